The fourth-order valence-electron chi connectivity index (χ4n) is 5.24. The second-order valence-electron chi connectivity index (χ2n) is 7.95. The number of aryl methyl sites for hydroxylation is 1. The van der Waals surface area contributed by atoms with E-state index in [1.54, 1.807) is 0 Å². The van der Waals surface area contributed by atoms with Gasteiger partial charge in [-0.05, 0) is 49.1 Å². The molecule has 2 aromatic rings. The van der Waals surface area contributed by atoms with E-state index in [0.717, 1.165) is 44.2 Å². The van der Waals surface area contributed by atoms with Crippen molar-refractivity contribution in [2.45, 2.75) is 57.9 Å². The third-order valence-corrected chi connectivity index (χ3v) is 6.75. The van der Waals surface area contributed by atoms with Crippen molar-refractivity contribution in [2.75, 3.05) is 13.7 Å². The van der Waals surface area contributed by atoms with Crippen LogP contribution in [0.15, 0.2) is 24.3 Å². The summed E-state index contributed by atoms with van der Waals surface area (Å²) in [5, 5.41) is 1.27. The predicted octanol–water partition coefficient (Wildman–Crippen LogP) is 4.13. The van der Waals surface area contributed by atoms with Crippen molar-refractivity contribution < 1.29 is 14.3 Å². The van der Waals surface area contributed by atoms with Crippen molar-refractivity contribution in [1.82, 2.24) is 9.88 Å². The van der Waals surface area contributed by atoms with Crippen LogP contribution >= 0.6 is 0 Å². The second-order valence-corrected chi connectivity index (χ2v) is 7.95. The van der Waals surface area contributed by atoms with Crippen molar-refractivity contribution in [3.05, 3.63) is 35.5 Å². The minimum absolute atomic E-state index is 0.0123. The van der Waals surface area contributed by atoms with Gasteiger partial charge in [-0.1, -0.05) is 25.1 Å². The lowest BCUT2D eigenvalue weighted by molar-refractivity contribution is -0.147. The summed E-state index contributed by atoms with van der Waals surface area (Å²) < 4.78 is 4.90. The first kappa shape index (κ1) is 18.1. The van der Waals surface area contributed by atoms with E-state index in [2.05, 4.69) is 35.0 Å². The Hall–Kier alpha value is -2.30. The largest absolute Gasteiger partial charge is 0.469 e. The number of benzene rings is 1. The number of H-pyrrole nitrogens is 1. The number of nitrogens with zero attached hydrogens (tertiary/aromatic N) is 1. The van der Waals surface area contributed by atoms with Gasteiger partial charge in [0.15, 0.2) is 0 Å². The molecule has 0 spiro atoms. The van der Waals surface area contributed by atoms with Gasteiger partial charge in [-0.25, -0.2) is 0 Å². The zero-order valence-corrected chi connectivity index (χ0v) is 16.2. The summed E-state index contributed by atoms with van der Waals surface area (Å²) in [6.45, 7) is 2.98. The number of para-hydroxylation sites is 1. The maximum atomic E-state index is 12.8. The lowest BCUT2D eigenvalue weighted by atomic mass is 9.66. The summed E-state index contributed by atoms with van der Waals surface area (Å²) in [5.41, 5.74) is 3.58. The van der Waals surface area contributed by atoms with Gasteiger partial charge in [0.25, 0.3) is 0 Å². The van der Waals surface area contributed by atoms with Crippen LogP contribution in [-0.4, -0.2) is 35.4 Å². The molecule has 2 atom stereocenters. The number of aromatic amines is 1. The number of methoxy groups -OCH3 is 1. The number of hydrogen-bond donors (Lipinski definition) is 1. The number of aromatic nitrogens is 1. The number of hydrogen-bond acceptors (Lipinski definition) is 3. The molecule has 1 aromatic heterocycles. The Morgan fingerprint density at radius 2 is 2.15 bits per heavy atom. The summed E-state index contributed by atoms with van der Waals surface area (Å²) in [4.78, 5) is 30.5. The Balaban J connectivity index is 1.83. The van der Waals surface area contributed by atoms with Gasteiger partial charge >= 0.3 is 5.97 Å². The third-order valence-electron chi connectivity index (χ3n) is 6.75. The molecule has 0 unspecified atom stereocenters. The van der Waals surface area contributed by atoms with E-state index in [4.69, 9.17) is 4.74 Å². The van der Waals surface area contributed by atoms with Crippen LogP contribution in [0.3, 0.4) is 0 Å². The molecule has 2 aliphatic rings. The molecule has 0 bridgehead atoms. The van der Waals surface area contributed by atoms with E-state index in [9.17, 15) is 9.59 Å². The molecule has 1 N–H and O–H groups in total. The van der Waals surface area contributed by atoms with Gasteiger partial charge in [-0.3, -0.25) is 9.59 Å². The van der Waals surface area contributed by atoms with Crippen LogP contribution in [0.5, 0.6) is 0 Å². The number of esters is 1. The standard InChI is InChI=1S/C22H28N2O3/c1-3-22(13-11-19(26)27-2)12-10-18(25)24-14-6-8-16-15-7-4-5-9-17(15)23-20(16)21(22)24/h4-5,7,9,21,23H,3,6,8,10-14H2,1-2H3/t21-,22-/m0/s1. The molecule has 1 amide bonds. The van der Waals surface area contributed by atoms with Crippen molar-refractivity contribution in [2.24, 2.45) is 5.41 Å². The fourth-order valence-corrected chi connectivity index (χ4v) is 5.24. The van der Waals surface area contributed by atoms with Gasteiger partial charge in [0.1, 0.15) is 0 Å². The molecule has 0 saturated carbocycles. The number of fused-ring (bicyclic) bond motifs is 5. The Kier molecular flexibility index (Phi) is 4.70. The van der Waals surface area contributed by atoms with Crippen LogP contribution in [0.4, 0.5) is 0 Å². The summed E-state index contributed by atoms with van der Waals surface area (Å²) in [6, 6.07) is 8.42. The first-order valence-electron chi connectivity index (χ1n) is 10.1. The Morgan fingerprint density at radius 3 is 2.93 bits per heavy atom. The molecule has 144 valence electrons. The summed E-state index contributed by atoms with van der Waals surface area (Å²) >= 11 is 0. The highest BCUT2D eigenvalue weighted by Gasteiger charge is 2.49. The van der Waals surface area contributed by atoms with Crippen LogP contribution in [0.2, 0.25) is 0 Å². The maximum absolute atomic E-state index is 12.8. The van der Waals surface area contributed by atoms with E-state index in [-0.39, 0.29) is 23.3 Å². The first-order valence-corrected chi connectivity index (χ1v) is 10.1. The van der Waals surface area contributed by atoms with Gasteiger partial charge in [-0.15, -0.1) is 0 Å². The minimum Gasteiger partial charge on any atom is -0.469 e. The molecule has 1 saturated heterocycles. The SMILES string of the molecule is CC[C@@]1(CCC(=O)OC)CCC(=O)N2CCCc3c([nH]c4ccccc34)[C@H]21. The molecule has 2 aliphatic heterocycles. The van der Waals surface area contributed by atoms with E-state index in [1.807, 2.05) is 6.07 Å². The van der Waals surface area contributed by atoms with E-state index in [0.29, 0.717) is 12.8 Å². The Bertz CT molecular complexity index is 872. The molecule has 1 aromatic carbocycles. The highest BCUT2D eigenvalue weighted by molar-refractivity contribution is 5.86. The molecular formula is C22H28N2O3. The quantitative estimate of drug-likeness (QED) is 0.826. The second kappa shape index (κ2) is 7.02. The number of piperidine rings is 1. The summed E-state index contributed by atoms with van der Waals surface area (Å²) in [6.07, 6.45) is 5.45. The van der Waals surface area contributed by atoms with Crippen LogP contribution < -0.4 is 0 Å². The van der Waals surface area contributed by atoms with Crippen LogP contribution in [0.1, 0.15) is 62.7 Å². The van der Waals surface area contributed by atoms with E-state index < -0.39 is 0 Å². The number of carbonyl (C=O) groups is 2. The number of amides is 1. The molecule has 0 radical (unpaired) electrons. The number of ether oxygens (including phenoxy) is 1. The van der Waals surface area contributed by atoms with Crippen molar-refractivity contribution in [3.63, 3.8) is 0 Å². The Labute approximate surface area is 160 Å². The van der Waals surface area contributed by atoms with Gasteiger partial charge < -0.3 is 14.6 Å². The number of rotatable bonds is 4. The van der Waals surface area contributed by atoms with Gasteiger partial charge in [0.05, 0.1) is 13.2 Å². The molecule has 3 heterocycles. The van der Waals surface area contributed by atoms with Crippen molar-refractivity contribution in [1.29, 1.82) is 0 Å². The fraction of sp³-hybridized carbons (Fsp3) is 0.545. The monoisotopic (exact) mass is 368 g/mol. The van der Waals surface area contributed by atoms with Gasteiger partial charge in [0, 0.05) is 36.0 Å². The smallest absolute Gasteiger partial charge is 0.305 e. The van der Waals surface area contributed by atoms with Gasteiger partial charge in [0.2, 0.25) is 5.91 Å². The molecular weight excluding hydrogens is 340 g/mol. The highest BCUT2D eigenvalue weighted by atomic mass is 16.5. The molecule has 0 aliphatic carbocycles. The van der Waals surface area contributed by atoms with E-state index >= 15 is 0 Å². The third kappa shape index (κ3) is 2.93. The zero-order chi connectivity index (χ0) is 19.0. The normalized spacial score (nSPS) is 25.0. The lowest BCUT2D eigenvalue weighted by Gasteiger charge is -2.49. The summed E-state index contributed by atoms with van der Waals surface area (Å²) in [5.74, 6) is 0.0745. The van der Waals surface area contributed by atoms with Crippen molar-refractivity contribution in [3.8, 4) is 0 Å². The maximum Gasteiger partial charge on any atom is 0.305 e. The van der Waals surface area contributed by atoms with Gasteiger partial charge in [-0.2, -0.15) is 0 Å². The number of carbonyl (C=O) groups excluding carboxylic acids is 2. The van der Waals surface area contributed by atoms with Crippen LogP contribution in [0.25, 0.3) is 10.9 Å². The molecule has 1 fully saturated rings. The minimum atomic E-state index is -0.170. The van der Waals surface area contributed by atoms with E-state index in [1.165, 1.54) is 23.8 Å². The first-order chi connectivity index (χ1) is 13.1. The zero-order valence-electron chi connectivity index (χ0n) is 16.2. The molecule has 27 heavy (non-hydrogen) atoms. The lowest BCUT2D eigenvalue weighted by Crippen LogP contribution is -2.49. The summed E-state index contributed by atoms with van der Waals surface area (Å²) in [7, 11) is 1.44. The molecule has 5 heteroatoms. The topological polar surface area (TPSA) is 62.4 Å². The Morgan fingerprint density at radius 1 is 1.33 bits per heavy atom. The molecule has 4 rings (SSSR count). The predicted molar refractivity (Wildman–Crippen MR) is 104 cm³/mol. The number of nitrogens with one attached hydrogen (secondary N) is 1. The van der Waals surface area contributed by atoms with Crippen LogP contribution in [0, 0.1) is 5.41 Å². The van der Waals surface area contributed by atoms with Crippen LogP contribution in [-0.2, 0) is 20.7 Å². The highest BCUT2D eigenvalue weighted by Crippen LogP contribution is 2.53. The average Bonchev–Trinajstić information content (AvgIpc) is 2.94. The average molecular weight is 368 g/mol. The molecule has 5 nitrogen and oxygen atoms in total. The van der Waals surface area contributed by atoms with Crippen molar-refractivity contribution >= 4 is 22.8 Å².